The van der Waals surface area contributed by atoms with E-state index >= 15 is 0 Å². The summed E-state index contributed by atoms with van der Waals surface area (Å²) in [6.07, 6.45) is 2.39. The van der Waals surface area contributed by atoms with Crippen molar-refractivity contribution in [3.05, 3.63) is 12.0 Å². The van der Waals surface area contributed by atoms with Gasteiger partial charge in [0.25, 0.3) is 6.01 Å². The first-order valence-electron chi connectivity index (χ1n) is 5.72. The molecule has 0 aliphatic heterocycles. The molecule has 0 spiro atoms. The van der Waals surface area contributed by atoms with Crippen molar-refractivity contribution in [2.75, 3.05) is 18.5 Å². The number of ether oxygens (including phenoxy) is 1. The number of rotatable bonds is 7. The molecule has 1 aromatic heterocycles. The Balaban J connectivity index is 2.43. The van der Waals surface area contributed by atoms with Crippen molar-refractivity contribution in [3.63, 3.8) is 0 Å². The van der Waals surface area contributed by atoms with Crippen LogP contribution < -0.4 is 5.32 Å². The Kier molecular flexibility index (Phi) is 5.48. The quantitative estimate of drug-likeness (QED) is 0.703. The number of esters is 1. The number of aliphatic hydroxyl groups excluding tert-OH is 1. The van der Waals surface area contributed by atoms with Gasteiger partial charge in [0, 0.05) is 6.54 Å². The smallest absolute Gasteiger partial charge is 0.360 e. The molecule has 6 nitrogen and oxygen atoms in total. The maximum Gasteiger partial charge on any atom is 0.360 e. The van der Waals surface area contributed by atoms with Gasteiger partial charge in [0.1, 0.15) is 6.26 Å². The average Bonchev–Trinajstić information content (AvgIpc) is 2.76. The van der Waals surface area contributed by atoms with Crippen LogP contribution in [-0.2, 0) is 4.74 Å². The molecule has 0 saturated carbocycles. The van der Waals surface area contributed by atoms with Crippen molar-refractivity contribution >= 4 is 12.0 Å². The molecular weight excluding hydrogens is 224 g/mol. The van der Waals surface area contributed by atoms with Crippen molar-refractivity contribution in [1.82, 2.24) is 4.98 Å². The van der Waals surface area contributed by atoms with E-state index in [4.69, 9.17) is 9.15 Å². The lowest BCUT2D eigenvalue weighted by molar-refractivity contribution is 0.0519. The van der Waals surface area contributed by atoms with Gasteiger partial charge in [-0.25, -0.2) is 4.79 Å². The average molecular weight is 242 g/mol. The van der Waals surface area contributed by atoms with E-state index in [1.54, 1.807) is 6.92 Å². The van der Waals surface area contributed by atoms with E-state index in [0.717, 1.165) is 6.42 Å². The molecule has 2 N–H and O–H groups in total. The topological polar surface area (TPSA) is 84.6 Å². The second-order valence-electron chi connectivity index (χ2n) is 3.58. The van der Waals surface area contributed by atoms with Crippen LogP contribution in [0.15, 0.2) is 10.7 Å². The van der Waals surface area contributed by atoms with E-state index in [-0.39, 0.29) is 11.7 Å². The summed E-state index contributed by atoms with van der Waals surface area (Å²) in [5, 5.41) is 12.3. The fraction of sp³-hybridized carbons (Fsp3) is 0.636. The molecule has 0 aliphatic rings. The number of hydrogen-bond donors (Lipinski definition) is 2. The van der Waals surface area contributed by atoms with Crippen molar-refractivity contribution in [3.8, 4) is 0 Å². The summed E-state index contributed by atoms with van der Waals surface area (Å²) in [6.45, 7) is 4.35. The molecule has 0 amide bonds. The van der Waals surface area contributed by atoms with Crippen molar-refractivity contribution in [2.24, 2.45) is 0 Å². The summed E-state index contributed by atoms with van der Waals surface area (Å²) in [5.74, 6) is -0.515. The number of aliphatic hydroxyl groups is 1. The lowest BCUT2D eigenvalue weighted by Gasteiger charge is -2.08. The summed E-state index contributed by atoms with van der Waals surface area (Å²) in [7, 11) is 0. The Labute approximate surface area is 100.0 Å². The van der Waals surface area contributed by atoms with E-state index in [0.29, 0.717) is 19.6 Å². The van der Waals surface area contributed by atoms with Gasteiger partial charge in [-0.1, -0.05) is 13.3 Å². The summed E-state index contributed by atoms with van der Waals surface area (Å²) >= 11 is 0. The lowest BCUT2D eigenvalue weighted by atomic mass is 10.2. The van der Waals surface area contributed by atoms with Crippen LogP contribution in [0.25, 0.3) is 0 Å². The van der Waals surface area contributed by atoms with Crippen LogP contribution in [0.4, 0.5) is 6.01 Å². The Morgan fingerprint density at radius 2 is 2.41 bits per heavy atom. The minimum absolute atomic E-state index is 0.124. The van der Waals surface area contributed by atoms with Gasteiger partial charge in [-0.2, -0.15) is 4.98 Å². The van der Waals surface area contributed by atoms with E-state index in [1.807, 2.05) is 6.92 Å². The molecular formula is C11H18N2O4. The van der Waals surface area contributed by atoms with Gasteiger partial charge in [0.15, 0.2) is 5.69 Å². The van der Waals surface area contributed by atoms with Gasteiger partial charge in [-0.3, -0.25) is 0 Å². The highest BCUT2D eigenvalue weighted by atomic mass is 16.5. The molecule has 0 radical (unpaired) electrons. The Hall–Kier alpha value is -1.56. The third-order valence-corrected chi connectivity index (χ3v) is 2.10. The predicted molar refractivity (Wildman–Crippen MR) is 61.9 cm³/mol. The monoisotopic (exact) mass is 242 g/mol. The molecule has 96 valence electrons. The summed E-state index contributed by atoms with van der Waals surface area (Å²) in [4.78, 5) is 15.2. The molecule has 0 fully saturated rings. The third kappa shape index (κ3) is 4.44. The van der Waals surface area contributed by atoms with Crippen molar-refractivity contribution in [1.29, 1.82) is 0 Å². The maximum absolute atomic E-state index is 11.3. The highest BCUT2D eigenvalue weighted by Crippen LogP contribution is 2.09. The Bertz CT molecular complexity index is 351. The number of oxazole rings is 1. The molecule has 1 heterocycles. The summed E-state index contributed by atoms with van der Waals surface area (Å²) in [5.41, 5.74) is 0.124. The first-order valence-corrected chi connectivity index (χ1v) is 5.72. The highest BCUT2D eigenvalue weighted by molar-refractivity contribution is 5.87. The zero-order valence-corrected chi connectivity index (χ0v) is 10.1. The van der Waals surface area contributed by atoms with Crippen molar-refractivity contribution in [2.45, 2.75) is 32.8 Å². The van der Waals surface area contributed by atoms with Crippen molar-refractivity contribution < 1.29 is 19.1 Å². The van der Waals surface area contributed by atoms with Gasteiger partial charge >= 0.3 is 5.97 Å². The van der Waals surface area contributed by atoms with Gasteiger partial charge in [-0.05, 0) is 13.3 Å². The SMILES string of the molecule is CCCC(O)CNc1nc(C(=O)OCC)co1. The lowest BCUT2D eigenvalue weighted by Crippen LogP contribution is -2.19. The Morgan fingerprint density at radius 1 is 1.65 bits per heavy atom. The number of nitrogens with zero attached hydrogens (tertiary/aromatic N) is 1. The van der Waals surface area contributed by atoms with Gasteiger partial charge < -0.3 is 19.6 Å². The molecule has 0 aromatic carbocycles. The zero-order valence-electron chi connectivity index (χ0n) is 10.1. The predicted octanol–water partition coefficient (Wildman–Crippen LogP) is 1.42. The minimum atomic E-state index is -0.515. The number of aromatic nitrogens is 1. The standard InChI is InChI=1S/C11H18N2O4/c1-3-5-8(14)6-12-11-13-9(7-17-11)10(15)16-4-2/h7-8,14H,3-6H2,1-2H3,(H,12,13). The molecule has 17 heavy (non-hydrogen) atoms. The van der Waals surface area contributed by atoms with E-state index in [1.165, 1.54) is 6.26 Å². The molecule has 1 unspecified atom stereocenters. The van der Waals surface area contributed by atoms with Crippen LogP contribution in [0.5, 0.6) is 0 Å². The molecule has 0 aliphatic carbocycles. The Morgan fingerprint density at radius 3 is 3.06 bits per heavy atom. The van der Waals surface area contributed by atoms with Crippen LogP contribution in [0.3, 0.4) is 0 Å². The van der Waals surface area contributed by atoms with Crippen LogP contribution in [0, 0.1) is 0 Å². The molecule has 1 rings (SSSR count). The molecule has 0 saturated heterocycles. The molecule has 1 atom stereocenters. The summed E-state index contributed by atoms with van der Waals surface area (Å²) in [6, 6.07) is 0.211. The van der Waals surface area contributed by atoms with Gasteiger partial charge in [0.05, 0.1) is 12.7 Å². The third-order valence-electron chi connectivity index (χ3n) is 2.10. The van der Waals surface area contributed by atoms with E-state index in [9.17, 15) is 9.90 Å². The first kappa shape index (κ1) is 13.5. The largest absolute Gasteiger partial charge is 0.461 e. The summed E-state index contributed by atoms with van der Waals surface area (Å²) < 4.78 is 9.79. The zero-order chi connectivity index (χ0) is 12.7. The number of nitrogens with one attached hydrogen (secondary N) is 1. The van der Waals surface area contributed by atoms with E-state index < -0.39 is 12.1 Å². The number of anilines is 1. The molecule has 0 bridgehead atoms. The van der Waals surface area contributed by atoms with Crippen LogP contribution in [0.1, 0.15) is 37.2 Å². The molecule has 1 aromatic rings. The second kappa shape index (κ2) is 6.90. The highest BCUT2D eigenvalue weighted by Gasteiger charge is 2.13. The van der Waals surface area contributed by atoms with Crippen LogP contribution in [0.2, 0.25) is 0 Å². The normalized spacial score (nSPS) is 12.2. The number of hydrogen-bond acceptors (Lipinski definition) is 6. The fourth-order valence-electron chi connectivity index (χ4n) is 1.29. The van der Waals surface area contributed by atoms with Crippen LogP contribution in [-0.4, -0.2) is 35.3 Å². The van der Waals surface area contributed by atoms with Gasteiger partial charge in [-0.15, -0.1) is 0 Å². The first-order chi connectivity index (χ1) is 8.17. The number of carbonyl (C=O) groups is 1. The maximum atomic E-state index is 11.3. The van der Waals surface area contributed by atoms with Gasteiger partial charge in [0.2, 0.25) is 0 Å². The van der Waals surface area contributed by atoms with E-state index in [2.05, 4.69) is 10.3 Å². The fourth-order valence-corrected chi connectivity index (χ4v) is 1.29. The van der Waals surface area contributed by atoms with Crippen LogP contribution >= 0.6 is 0 Å². The molecule has 6 heteroatoms. The minimum Gasteiger partial charge on any atom is -0.461 e. The second-order valence-corrected chi connectivity index (χ2v) is 3.58. The number of carbonyl (C=O) groups excluding carboxylic acids is 1.